The highest BCUT2D eigenvalue weighted by molar-refractivity contribution is 7.10. The van der Waals surface area contributed by atoms with Gasteiger partial charge in [0.2, 0.25) is 0 Å². The van der Waals surface area contributed by atoms with E-state index in [0.29, 0.717) is 0 Å². The second kappa shape index (κ2) is 4.61. The number of aryl methyl sites for hydroxylation is 1. The first-order chi connectivity index (χ1) is 8.49. The largest absolute Gasteiger partial charge is 0.477 e. The van der Waals surface area contributed by atoms with Crippen LogP contribution in [0.25, 0.3) is 0 Å². The Labute approximate surface area is 105 Å². The molecule has 0 fully saturated rings. The number of nitrogens with one attached hydrogen (secondary N) is 1. The molecule has 0 aromatic carbocycles. The van der Waals surface area contributed by atoms with Crippen LogP contribution in [0.5, 0.6) is 0 Å². The highest BCUT2D eigenvalue weighted by atomic mass is 32.1. The van der Waals surface area contributed by atoms with Gasteiger partial charge < -0.3 is 5.11 Å². The van der Waals surface area contributed by atoms with E-state index in [4.69, 9.17) is 5.11 Å². The summed E-state index contributed by atoms with van der Waals surface area (Å²) in [6, 6.07) is 1.91. The third kappa shape index (κ3) is 2.25. The molecule has 6 nitrogen and oxygen atoms in total. The van der Waals surface area contributed by atoms with Gasteiger partial charge in [0.05, 0.1) is 6.54 Å². The van der Waals surface area contributed by atoms with Crippen LogP contribution in [0.1, 0.15) is 20.8 Å². The predicted molar refractivity (Wildman–Crippen MR) is 66.4 cm³/mol. The lowest BCUT2D eigenvalue weighted by Crippen LogP contribution is -2.33. The van der Waals surface area contributed by atoms with Gasteiger partial charge in [-0.15, -0.1) is 11.3 Å². The zero-order valence-corrected chi connectivity index (χ0v) is 10.3. The molecule has 0 saturated carbocycles. The van der Waals surface area contributed by atoms with E-state index in [-0.39, 0.29) is 6.54 Å². The SMILES string of the molecule is Cc1ccsc1Cn1cc(C(=O)O)c(=O)[nH]c1=O. The molecule has 18 heavy (non-hydrogen) atoms. The maximum Gasteiger partial charge on any atom is 0.342 e. The molecule has 0 radical (unpaired) electrons. The van der Waals surface area contributed by atoms with Crippen LogP contribution in [0.4, 0.5) is 0 Å². The van der Waals surface area contributed by atoms with Crippen LogP contribution in [-0.4, -0.2) is 20.6 Å². The maximum atomic E-state index is 11.6. The minimum absolute atomic E-state index is 0.249. The molecule has 0 aliphatic carbocycles. The Bertz CT molecular complexity index is 710. The van der Waals surface area contributed by atoms with E-state index >= 15 is 0 Å². The number of hydrogen-bond donors (Lipinski definition) is 2. The van der Waals surface area contributed by atoms with Crippen molar-refractivity contribution in [2.45, 2.75) is 13.5 Å². The highest BCUT2D eigenvalue weighted by Crippen LogP contribution is 2.15. The van der Waals surface area contributed by atoms with Gasteiger partial charge in [-0.1, -0.05) is 0 Å². The van der Waals surface area contributed by atoms with E-state index in [1.807, 2.05) is 23.4 Å². The zero-order chi connectivity index (χ0) is 13.3. The van der Waals surface area contributed by atoms with Crippen LogP contribution < -0.4 is 11.2 Å². The molecule has 0 atom stereocenters. The number of aromatic amines is 1. The predicted octanol–water partition coefficient (Wildman–Crippen LogP) is 0.653. The molecule has 0 aliphatic rings. The van der Waals surface area contributed by atoms with Gasteiger partial charge in [-0.05, 0) is 23.9 Å². The van der Waals surface area contributed by atoms with Crippen LogP contribution in [0.15, 0.2) is 27.2 Å². The lowest BCUT2D eigenvalue weighted by Gasteiger charge is -2.05. The van der Waals surface area contributed by atoms with Crippen LogP contribution >= 0.6 is 11.3 Å². The third-order valence-corrected chi connectivity index (χ3v) is 3.53. The number of carboxylic acid groups (broad SMARTS) is 1. The van der Waals surface area contributed by atoms with Crippen molar-refractivity contribution >= 4 is 17.3 Å². The third-order valence-electron chi connectivity index (χ3n) is 2.52. The lowest BCUT2D eigenvalue weighted by molar-refractivity contribution is 0.0693. The number of aromatic nitrogens is 2. The molecule has 2 N–H and O–H groups in total. The molecule has 94 valence electrons. The van der Waals surface area contributed by atoms with Gasteiger partial charge in [0, 0.05) is 11.1 Å². The standard InChI is InChI=1S/C11H10N2O4S/c1-6-2-3-18-8(6)5-13-4-7(10(15)16)9(14)12-11(13)17/h2-4H,5H2,1H3,(H,15,16)(H,12,14,17). The Morgan fingerprint density at radius 1 is 1.50 bits per heavy atom. The van der Waals surface area contributed by atoms with Crippen LogP contribution in [0.3, 0.4) is 0 Å². The summed E-state index contributed by atoms with van der Waals surface area (Å²) in [6.07, 6.45) is 1.07. The number of nitrogens with zero attached hydrogens (tertiary/aromatic N) is 1. The number of carboxylic acids is 1. The fraction of sp³-hybridized carbons (Fsp3) is 0.182. The molecule has 0 bridgehead atoms. The van der Waals surface area contributed by atoms with E-state index in [0.717, 1.165) is 16.6 Å². The first kappa shape index (κ1) is 12.3. The van der Waals surface area contributed by atoms with Crippen molar-refractivity contribution < 1.29 is 9.90 Å². The molecule has 0 unspecified atom stereocenters. The summed E-state index contributed by atoms with van der Waals surface area (Å²) in [4.78, 5) is 36.6. The summed E-state index contributed by atoms with van der Waals surface area (Å²) in [5.74, 6) is -1.35. The summed E-state index contributed by atoms with van der Waals surface area (Å²) in [5, 5.41) is 10.7. The van der Waals surface area contributed by atoms with Gasteiger partial charge >= 0.3 is 11.7 Å². The van der Waals surface area contributed by atoms with Crippen molar-refractivity contribution in [3.8, 4) is 0 Å². The van der Waals surface area contributed by atoms with Crippen molar-refractivity contribution in [1.82, 2.24) is 9.55 Å². The van der Waals surface area contributed by atoms with Gasteiger partial charge in [-0.3, -0.25) is 14.3 Å². The monoisotopic (exact) mass is 266 g/mol. The van der Waals surface area contributed by atoms with Crippen molar-refractivity contribution in [3.63, 3.8) is 0 Å². The van der Waals surface area contributed by atoms with Crippen molar-refractivity contribution in [2.24, 2.45) is 0 Å². The van der Waals surface area contributed by atoms with Gasteiger partial charge in [0.15, 0.2) is 0 Å². The molecular formula is C11H10N2O4S. The topological polar surface area (TPSA) is 92.2 Å². The minimum atomic E-state index is -1.35. The van der Waals surface area contributed by atoms with Gasteiger partial charge in [-0.25, -0.2) is 9.59 Å². The second-order valence-electron chi connectivity index (χ2n) is 3.76. The van der Waals surface area contributed by atoms with Gasteiger partial charge in [-0.2, -0.15) is 0 Å². The van der Waals surface area contributed by atoms with Gasteiger partial charge in [0.25, 0.3) is 5.56 Å². The normalized spacial score (nSPS) is 10.5. The molecule has 2 heterocycles. The number of carbonyl (C=O) groups is 1. The Kier molecular flexibility index (Phi) is 3.15. The number of rotatable bonds is 3. The highest BCUT2D eigenvalue weighted by Gasteiger charge is 2.12. The quantitative estimate of drug-likeness (QED) is 0.853. The van der Waals surface area contributed by atoms with E-state index in [1.165, 1.54) is 15.9 Å². The molecule has 2 aromatic rings. The first-order valence-electron chi connectivity index (χ1n) is 5.09. The second-order valence-corrected chi connectivity index (χ2v) is 4.76. The molecule has 0 aliphatic heterocycles. The first-order valence-corrected chi connectivity index (χ1v) is 5.97. The minimum Gasteiger partial charge on any atom is -0.477 e. The van der Waals surface area contributed by atoms with Crippen molar-refractivity contribution in [2.75, 3.05) is 0 Å². The van der Waals surface area contributed by atoms with E-state index in [9.17, 15) is 14.4 Å². The summed E-state index contributed by atoms with van der Waals surface area (Å²) in [5.41, 5.74) is -0.914. The molecule has 0 amide bonds. The summed E-state index contributed by atoms with van der Waals surface area (Å²) in [7, 11) is 0. The molecule has 0 saturated heterocycles. The Morgan fingerprint density at radius 3 is 2.78 bits per heavy atom. The van der Waals surface area contributed by atoms with E-state index in [2.05, 4.69) is 0 Å². The fourth-order valence-corrected chi connectivity index (χ4v) is 2.40. The fourth-order valence-electron chi connectivity index (χ4n) is 1.50. The lowest BCUT2D eigenvalue weighted by atomic mass is 10.3. The van der Waals surface area contributed by atoms with E-state index < -0.39 is 22.8 Å². The Morgan fingerprint density at radius 2 is 2.22 bits per heavy atom. The molecular weight excluding hydrogens is 256 g/mol. The zero-order valence-electron chi connectivity index (χ0n) is 9.47. The average Bonchev–Trinajstić information content (AvgIpc) is 2.67. The Hall–Kier alpha value is -2.15. The van der Waals surface area contributed by atoms with Crippen LogP contribution in [-0.2, 0) is 6.54 Å². The Balaban J connectivity index is 2.49. The smallest absolute Gasteiger partial charge is 0.342 e. The van der Waals surface area contributed by atoms with Crippen molar-refractivity contribution in [1.29, 1.82) is 0 Å². The van der Waals surface area contributed by atoms with Crippen LogP contribution in [0, 0.1) is 6.92 Å². The van der Waals surface area contributed by atoms with Gasteiger partial charge in [0.1, 0.15) is 5.56 Å². The molecule has 2 rings (SSSR count). The van der Waals surface area contributed by atoms with E-state index in [1.54, 1.807) is 0 Å². The van der Waals surface area contributed by atoms with Crippen LogP contribution in [0.2, 0.25) is 0 Å². The summed E-state index contributed by atoms with van der Waals surface area (Å²) >= 11 is 1.47. The number of thiophene rings is 1. The summed E-state index contributed by atoms with van der Waals surface area (Å²) in [6.45, 7) is 2.15. The number of H-pyrrole nitrogens is 1. The average molecular weight is 266 g/mol. The number of hydrogen-bond acceptors (Lipinski definition) is 4. The molecule has 7 heteroatoms. The summed E-state index contributed by atoms with van der Waals surface area (Å²) < 4.78 is 1.18. The molecule has 2 aromatic heterocycles. The molecule has 0 spiro atoms. The number of aromatic carboxylic acids is 1. The van der Waals surface area contributed by atoms with Crippen molar-refractivity contribution in [3.05, 3.63) is 54.5 Å². The maximum absolute atomic E-state index is 11.6.